The maximum absolute atomic E-state index is 11.6. The Morgan fingerprint density at radius 1 is 1.50 bits per heavy atom. The topological polar surface area (TPSA) is 37.3 Å². The van der Waals surface area contributed by atoms with Gasteiger partial charge in [0.15, 0.2) is 5.78 Å². The molecule has 0 amide bonds. The lowest BCUT2D eigenvalue weighted by molar-refractivity contribution is 0.0993. The first kappa shape index (κ1) is 10.5. The summed E-state index contributed by atoms with van der Waals surface area (Å²) in [6.07, 6.45) is 3.95. The van der Waals surface area contributed by atoms with E-state index in [1.54, 1.807) is 24.3 Å². The zero-order valence-corrected chi connectivity index (χ0v) is 8.45. The Labute approximate surface area is 83.9 Å². The highest BCUT2D eigenvalue weighted by atomic mass is 16.3. The van der Waals surface area contributed by atoms with E-state index in [4.69, 9.17) is 0 Å². The molecule has 74 valence electrons. The Balaban J connectivity index is 2.94. The lowest BCUT2D eigenvalue weighted by atomic mass is 10.0. The average Bonchev–Trinajstić information content (AvgIpc) is 2.18. The zero-order chi connectivity index (χ0) is 10.6. The molecule has 0 bridgehead atoms. The van der Waals surface area contributed by atoms with Crippen molar-refractivity contribution < 1.29 is 9.90 Å². The summed E-state index contributed by atoms with van der Waals surface area (Å²) in [5.41, 5.74) is 1.38. The van der Waals surface area contributed by atoms with Crippen LogP contribution < -0.4 is 0 Å². The SMILES string of the molecule is CC=CCC(=O)c1cc(C)ccc1O. The standard InChI is InChI=1S/C12H14O2/c1-3-4-5-11(13)10-8-9(2)6-7-12(10)14/h3-4,6-8,14H,5H2,1-2H3. The Kier molecular flexibility index (Phi) is 3.46. The molecule has 0 aliphatic heterocycles. The molecule has 1 rings (SSSR count). The molecule has 2 nitrogen and oxygen atoms in total. The molecule has 0 saturated heterocycles. The van der Waals surface area contributed by atoms with Crippen molar-refractivity contribution in [1.29, 1.82) is 0 Å². The summed E-state index contributed by atoms with van der Waals surface area (Å²) in [6, 6.07) is 5.04. The number of hydrogen-bond donors (Lipinski definition) is 1. The molecule has 0 radical (unpaired) electrons. The Morgan fingerprint density at radius 3 is 2.86 bits per heavy atom. The van der Waals surface area contributed by atoms with E-state index in [1.165, 1.54) is 0 Å². The first-order chi connectivity index (χ1) is 6.65. The van der Waals surface area contributed by atoms with E-state index in [2.05, 4.69) is 0 Å². The van der Waals surface area contributed by atoms with Crippen LogP contribution in [-0.2, 0) is 0 Å². The number of carbonyl (C=O) groups excluding carboxylic acids is 1. The van der Waals surface area contributed by atoms with Gasteiger partial charge in [-0.1, -0.05) is 23.8 Å². The molecule has 0 aliphatic rings. The van der Waals surface area contributed by atoms with Crippen LogP contribution in [0.5, 0.6) is 5.75 Å². The van der Waals surface area contributed by atoms with Crippen LogP contribution in [0.25, 0.3) is 0 Å². The summed E-state index contributed by atoms with van der Waals surface area (Å²) >= 11 is 0. The van der Waals surface area contributed by atoms with Crippen LogP contribution in [0.4, 0.5) is 0 Å². The van der Waals surface area contributed by atoms with Crippen LogP contribution in [0.15, 0.2) is 30.4 Å². The molecule has 0 aliphatic carbocycles. The third-order valence-corrected chi connectivity index (χ3v) is 1.99. The minimum absolute atomic E-state index is 0.0516. The number of Topliss-reactive ketones (excluding diaryl/α,β-unsaturated/α-hetero) is 1. The number of aryl methyl sites for hydroxylation is 1. The molecule has 0 atom stereocenters. The molecule has 1 N–H and O–H groups in total. The van der Waals surface area contributed by atoms with Gasteiger partial charge in [0, 0.05) is 6.42 Å². The summed E-state index contributed by atoms with van der Waals surface area (Å²) in [5, 5.41) is 9.46. The van der Waals surface area contributed by atoms with Crippen molar-refractivity contribution in [3.8, 4) is 5.75 Å². The van der Waals surface area contributed by atoms with Gasteiger partial charge in [-0.2, -0.15) is 0 Å². The van der Waals surface area contributed by atoms with Gasteiger partial charge in [-0.05, 0) is 26.0 Å². The van der Waals surface area contributed by atoms with Crippen molar-refractivity contribution in [3.63, 3.8) is 0 Å². The van der Waals surface area contributed by atoms with Crippen LogP contribution >= 0.6 is 0 Å². The van der Waals surface area contributed by atoms with Crippen molar-refractivity contribution >= 4 is 5.78 Å². The van der Waals surface area contributed by atoms with Gasteiger partial charge in [0.25, 0.3) is 0 Å². The third kappa shape index (κ3) is 2.46. The number of allylic oxidation sites excluding steroid dienone is 2. The van der Waals surface area contributed by atoms with E-state index < -0.39 is 0 Å². The average molecular weight is 190 g/mol. The zero-order valence-electron chi connectivity index (χ0n) is 8.45. The van der Waals surface area contributed by atoms with Gasteiger partial charge in [0.05, 0.1) is 5.56 Å². The summed E-state index contributed by atoms with van der Waals surface area (Å²) in [5.74, 6) is 0.00871. The van der Waals surface area contributed by atoms with Gasteiger partial charge < -0.3 is 5.11 Å². The maximum atomic E-state index is 11.6. The predicted molar refractivity (Wildman–Crippen MR) is 56.6 cm³/mol. The maximum Gasteiger partial charge on any atom is 0.170 e. The molecular formula is C12H14O2. The van der Waals surface area contributed by atoms with Gasteiger partial charge >= 0.3 is 0 Å². The van der Waals surface area contributed by atoms with Gasteiger partial charge in [-0.25, -0.2) is 0 Å². The van der Waals surface area contributed by atoms with E-state index in [-0.39, 0.29) is 11.5 Å². The van der Waals surface area contributed by atoms with Crippen LogP contribution in [0.1, 0.15) is 29.3 Å². The van der Waals surface area contributed by atoms with Crippen molar-refractivity contribution in [2.24, 2.45) is 0 Å². The number of rotatable bonds is 3. The van der Waals surface area contributed by atoms with E-state index in [0.29, 0.717) is 12.0 Å². The molecule has 0 fully saturated rings. The highest BCUT2D eigenvalue weighted by Crippen LogP contribution is 2.19. The molecule has 1 aromatic carbocycles. The highest BCUT2D eigenvalue weighted by molar-refractivity contribution is 5.99. The second-order valence-electron chi connectivity index (χ2n) is 3.22. The third-order valence-electron chi connectivity index (χ3n) is 1.99. The molecule has 1 aromatic rings. The second kappa shape index (κ2) is 4.61. The number of carbonyl (C=O) groups is 1. The van der Waals surface area contributed by atoms with Crippen LogP contribution in [0.2, 0.25) is 0 Å². The molecule has 2 heteroatoms. The van der Waals surface area contributed by atoms with Crippen molar-refractivity contribution in [2.45, 2.75) is 20.3 Å². The van der Waals surface area contributed by atoms with Crippen LogP contribution in [-0.4, -0.2) is 10.9 Å². The van der Waals surface area contributed by atoms with Gasteiger partial charge in [-0.3, -0.25) is 4.79 Å². The second-order valence-corrected chi connectivity index (χ2v) is 3.22. The van der Waals surface area contributed by atoms with E-state index in [9.17, 15) is 9.90 Å². The minimum atomic E-state index is -0.0516. The normalized spacial score (nSPS) is 10.7. The minimum Gasteiger partial charge on any atom is -0.507 e. The summed E-state index contributed by atoms with van der Waals surface area (Å²) in [7, 11) is 0. The lowest BCUT2D eigenvalue weighted by Gasteiger charge is -2.02. The summed E-state index contributed by atoms with van der Waals surface area (Å²) in [6.45, 7) is 3.76. The first-order valence-corrected chi connectivity index (χ1v) is 4.59. The fourth-order valence-electron chi connectivity index (χ4n) is 1.21. The van der Waals surface area contributed by atoms with Crippen molar-refractivity contribution in [2.75, 3.05) is 0 Å². The predicted octanol–water partition coefficient (Wildman–Crippen LogP) is 2.85. The molecule has 0 unspecified atom stereocenters. The monoisotopic (exact) mass is 190 g/mol. The van der Waals surface area contributed by atoms with Gasteiger partial charge in [0.2, 0.25) is 0 Å². The molecule has 0 saturated carbocycles. The first-order valence-electron chi connectivity index (χ1n) is 4.59. The number of phenolic OH excluding ortho intramolecular Hbond substituents is 1. The number of benzene rings is 1. The quantitative estimate of drug-likeness (QED) is 0.587. The van der Waals surface area contributed by atoms with Crippen molar-refractivity contribution in [3.05, 3.63) is 41.5 Å². The van der Waals surface area contributed by atoms with E-state index in [0.717, 1.165) is 5.56 Å². The number of hydrogen-bond acceptors (Lipinski definition) is 2. The largest absolute Gasteiger partial charge is 0.507 e. The fraction of sp³-hybridized carbons (Fsp3) is 0.250. The highest BCUT2D eigenvalue weighted by Gasteiger charge is 2.08. The van der Waals surface area contributed by atoms with Crippen LogP contribution in [0.3, 0.4) is 0 Å². The fourth-order valence-corrected chi connectivity index (χ4v) is 1.21. The van der Waals surface area contributed by atoms with Gasteiger partial charge in [0.1, 0.15) is 5.75 Å². The molecule has 14 heavy (non-hydrogen) atoms. The smallest absolute Gasteiger partial charge is 0.170 e. The Morgan fingerprint density at radius 2 is 2.21 bits per heavy atom. The number of aromatic hydroxyl groups is 1. The van der Waals surface area contributed by atoms with Crippen LogP contribution in [0, 0.1) is 6.92 Å². The molecule has 0 heterocycles. The molecule has 0 aromatic heterocycles. The van der Waals surface area contributed by atoms with Gasteiger partial charge in [-0.15, -0.1) is 0 Å². The molecule has 0 spiro atoms. The molecular weight excluding hydrogens is 176 g/mol. The Hall–Kier alpha value is -1.57. The summed E-state index contributed by atoms with van der Waals surface area (Å²) < 4.78 is 0. The van der Waals surface area contributed by atoms with E-state index in [1.807, 2.05) is 19.9 Å². The lowest BCUT2D eigenvalue weighted by Crippen LogP contribution is -1.98. The summed E-state index contributed by atoms with van der Waals surface area (Å²) in [4.78, 5) is 11.6. The van der Waals surface area contributed by atoms with E-state index >= 15 is 0 Å². The number of ketones is 1. The number of phenols is 1. The van der Waals surface area contributed by atoms with Crippen molar-refractivity contribution in [1.82, 2.24) is 0 Å². The Bertz CT molecular complexity index is 365.